The molecule has 2 amide bonds. The summed E-state index contributed by atoms with van der Waals surface area (Å²) in [6.45, 7) is 4.32. The Morgan fingerprint density at radius 2 is 1.67 bits per heavy atom. The van der Waals surface area contributed by atoms with Gasteiger partial charge in [-0.1, -0.05) is 41.9 Å². The van der Waals surface area contributed by atoms with Crippen LogP contribution in [0.3, 0.4) is 0 Å². The fraction of sp³-hybridized carbons (Fsp3) is 0.263. The van der Waals surface area contributed by atoms with E-state index in [1.165, 1.54) is 0 Å². The van der Waals surface area contributed by atoms with Gasteiger partial charge in [0, 0.05) is 17.3 Å². The summed E-state index contributed by atoms with van der Waals surface area (Å²) < 4.78 is 0. The SMILES string of the molecule is Cc1cccc(C)c1NC(=O)CC(=O)NCCc1cccc(Cl)c1. The average molecular weight is 345 g/mol. The molecule has 2 aromatic carbocycles. The number of nitrogens with one attached hydrogen (secondary N) is 2. The van der Waals surface area contributed by atoms with Crippen LogP contribution in [-0.2, 0) is 16.0 Å². The molecule has 2 rings (SSSR count). The first kappa shape index (κ1) is 18.0. The van der Waals surface area contributed by atoms with E-state index in [0.717, 1.165) is 22.4 Å². The van der Waals surface area contributed by atoms with Gasteiger partial charge in [0.15, 0.2) is 0 Å². The second-order valence-electron chi connectivity index (χ2n) is 5.72. The molecule has 0 atom stereocenters. The zero-order valence-electron chi connectivity index (χ0n) is 13.9. The molecule has 126 valence electrons. The molecular weight excluding hydrogens is 324 g/mol. The third-order valence-corrected chi connectivity index (χ3v) is 3.93. The molecule has 0 fully saturated rings. The van der Waals surface area contributed by atoms with Gasteiger partial charge in [0.1, 0.15) is 6.42 Å². The van der Waals surface area contributed by atoms with Crippen molar-refractivity contribution in [1.82, 2.24) is 5.32 Å². The molecule has 2 aromatic rings. The van der Waals surface area contributed by atoms with E-state index in [2.05, 4.69) is 10.6 Å². The fourth-order valence-corrected chi connectivity index (χ4v) is 2.66. The van der Waals surface area contributed by atoms with E-state index in [1.807, 2.05) is 56.3 Å². The van der Waals surface area contributed by atoms with Crippen molar-refractivity contribution in [2.45, 2.75) is 26.7 Å². The van der Waals surface area contributed by atoms with Crippen LogP contribution in [0, 0.1) is 13.8 Å². The Bertz CT molecular complexity index is 724. The monoisotopic (exact) mass is 344 g/mol. The van der Waals surface area contributed by atoms with Gasteiger partial charge in [-0.3, -0.25) is 9.59 Å². The molecule has 0 spiro atoms. The lowest BCUT2D eigenvalue weighted by atomic mass is 10.1. The summed E-state index contributed by atoms with van der Waals surface area (Å²) in [5.41, 5.74) is 3.77. The fourth-order valence-electron chi connectivity index (χ4n) is 2.44. The predicted molar refractivity (Wildman–Crippen MR) is 97.3 cm³/mol. The Morgan fingerprint density at radius 1 is 1.00 bits per heavy atom. The number of benzene rings is 2. The summed E-state index contributed by atoms with van der Waals surface area (Å²) in [5.74, 6) is -0.603. The minimum absolute atomic E-state index is 0.191. The van der Waals surface area contributed by atoms with Crippen LogP contribution in [0.5, 0.6) is 0 Å². The normalized spacial score (nSPS) is 10.3. The molecule has 0 saturated carbocycles. The van der Waals surface area contributed by atoms with E-state index >= 15 is 0 Å². The molecule has 5 heteroatoms. The van der Waals surface area contributed by atoms with Crippen LogP contribution >= 0.6 is 11.6 Å². The van der Waals surface area contributed by atoms with E-state index in [-0.39, 0.29) is 18.2 Å². The molecule has 0 aromatic heterocycles. The van der Waals surface area contributed by atoms with E-state index in [1.54, 1.807) is 0 Å². The summed E-state index contributed by atoms with van der Waals surface area (Å²) in [4.78, 5) is 23.9. The molecule has 0 radical (unpaired) electrons. The van der Waals surface area contributed by atoms with Crippen molar-refractivity contribution in [1.29, 1.82) is 0 Å². The summed E-state index contributed by atoms with van der Waals surface area (Å²) in [7, 11) is 0. The molecule has 24 heavy (non-hydrogen) atoms. The number of rotatable bonds is 6. The zero-order chi connectivity index (χ0) is 17.5. The average Bonchev–Trinajstić information content (AvgIpc) is 2.51. The lowest BCUT2D eigenvalue weighted by Crippen LogP contribution is -2.29. The molecule has 0 bridgehead atoms. The minimum atomic E-state index is -0.312. The number of carbonyl (C=O) groups excluding carboxylic acids is 2. The molecule has 2 N–H and O–H groups in total. The second-order valence-corrected chi connectivity index (χ2v) is 6.16. The van der Waals surface area contributed by atoms with Gasteiger partial charge in [0.25, 0.3) is 0 Å². The van der Waals surface area contributed by atoms with Crippen molar-refractivity contribution in [2.75, 3.05) is 11.9 Å². The molecule has 0 aliphatic heterocycles. The van der Waals surface area contributed by atoms with Crippen LogP contribution in [0.4, 0.5) is 5.69 Å². The van der Waals surface area contributed by atoms with Crippen molar-refractivity contribution < 1.29 is 9.59 Å². The van der Waals surface area contributed by atoms with Gasteiger partial charge in [-0.2, -0.15) is 0 Å². The lowest BCUT2D eigenvalue weighted by Gasteiger charge is -2.11. The second kappa shape index (κ2) is 8.50. The Kier molecular flexibility index (Phi) is 6.38. The Morgan fingerprint density at radius 3 is 2.33 bits per heavy atom. The quantitative estimate of drug-likeness (QED) is 0.786. The predicted octanol–water partition coefficient (Wildman–Crippen LogP) is 3.64. The number of amides is 2. The standard InChI is InChI=1S/C19H21ClN2O2/c1-13-5-3-6-14(2)19(13)22-18(24)12-17(23)21-10-9-15-7-4-8-16(20)11-15/h3-8,11H,9-10,12H2,1-2H3,(H,21,23)(H,22,24). The van der Waals surface area contributed by atoms with E-state index in [0.29, 0.717) is 18.0 Å². The minimum Gasteiger partial charge on any atom is -0.355 e. The Hall–Kier alpha value is -2.33. The van der Waals surface area contributed by atoms with Gasteiger partial charge in [0.2, 0.25) is 11.8 Å². The molecule has 0 aliphatic rings. The van der Waals surface area contributed by atoms with Gasteiger partial charge in [-0.05, 0) is 49.1 Å². The van der Waals surface area contributed by atoms with Gasteiger partial charge < -0.3 is 10.6 Å². The summed E-state index contributed by atoms with van der Waals surface area (Å²) >= 11 is 5.92. The summed E-state index contributed by atoms with van der Waals surface area (Å²) in [6, 6.07) is 13.3. The smallest absolute Gasteiger partial charge is 0.233 e. The number of hydrogen-bond donors (Lipinski definition) is 2. The van der Waals surface area contributed by atoms with Crippen molar-refractivity contribution in [2.24, 2.45) is 0 Å². The third kappa shape index (κ3) is 5.39. The maximum absolute atomic E-state index is 12.0. The lowest BCUT2D eigenvalue weighted by molar-refractivity contribution is -0.126. The number of anilines is 1. The summed E-state index contributed by atoms with van der Waals surface area (Å²) in [5, 5.41) is 6.23. The number of halogens is 1. The first-order chi connectivity index (χ1) is 11.5. The largest absolute Gasteiger partial charge is 0.355 e. The molecule has 4 nitrogen and oxygen atoms in total. The van der Waals surface area contributed by atoms with Crippen LogP contribution < -0.4 is 10.6 Å². The Balaban J connectivity index is 1.78. The topological polar surface area (TPSA) is 58.2 Å². The molecule has 0 unspecified atom stereocenters. The number of hydrogen-bond acceptors (Lipinski definition) is 2. The highest BCUT2D eigenvalue weighted by Crippen LogP contribution is 2.19. The first-order valence-electron chi connectivity index (χ1n) is 7.83. The molecular formula is C19H21ClN2O2. The highest BCUT2D eigenvalue weighted by Gasteiger charge is 2.11. The summed E-state index contributed by atoms with van der Waals surface area (Å²) in [6.07, 6.45) is 0.480. The number of carbonyl (C=O) groups is 2. The Labute approximate surface area is 147 Å². The van der Waals surface area contributed by atoms with Crippen molar-refractivity contribution in [3.05, 3.63) is 64.2 Å². The number of aryl methyl sites for hydroxylation is 2. The van der Waals surface area contributed by atoms with E-state index in [9.17, 15) is 9.59 Å². The van der Waals surface area contributed by atoms with Crippen LogP contribution in [0.15, 0.2) is 42.5 Å². The van der Waals surface area contributed by atoms with E-state index < -0.39 is 0 Å². The maximum atomic E-state index is 12.0. The van der Waals surface area contributed by atoms with Crippen LogP contribution in [0.2, 0.25) is 5.02 Å². The van der Waals surface area contributed by atoms with Gasteiger partial charge in [-0.15, -0.1) is 0 Å². The molecule has 0 aliphatic carbocycles. The van der Waals surface area contributed by atoms with Crippen LogP contribution in [0.1, 0.15) is 23.1 Å². The third-order valence-electron chi connectivity index (χ3n) is 3.69. The zero-order valence-corrected chi connectivity index (χ0v) is 14.6. The van der Waals surface area contributed by atoms with Crippen molar-refractivity contribution in [3.8, 4) is 0 Å². The van der Waals surface area contributed by atoms with Crippen LogP contribution in [-0.4, -0.2) is 18.4 Å². The molecule has 0 heterocycles. The van der Waals surface area contributed by atoms with E-state index in [4.69, 9.17) is 11.6 Å². The van der Waals surface area contributed by atoms with Gasteiger partial charge in [0.05, 0.1) is 0 Å². The van der Waals surface area contributed by atoms with Crippen molar-refractivity contribution in [3.63, 3.8) is 0 Å². The van der Waals surface area contributed by atoms with Gasteiger partial charge in [-0.25, -0.2) is 0 Å². The van der Waals surface area contributed by atoms with Gasteiger partial charge >= 0.3 is 0 Å². The molecule has 0 saturated heterocycles. The highest BCUT2D eigenvalue weighted by molar-refractivity contribution is 6.30. The van der Waals surface area contributed by atoms with Crippen molar-refractivity contribution >= 4 is 29.1 Å². The van der Waals surface area contributed by atoms with Crippen LogP contribution in [0.25, 0.3) is 0 Å². The first-order valence-corrected chi connectivity index (χ1v) is 8.20. The number of para-hydroxylation sites is 1. The highest BCUT2D eigenvalue weighted by atomic mass is 35.5. The maximum Gasteiger partial charge on any atom is 0.233 e.